The van der Waals surface area contributed by atoms with Crippen LogP contribution in [0.15, 0.2) is 0 Å². The molecule has 2 aliphatic heterocycles. The number of rotatable bonds is 0. The second-order valence-corrected chi connectivity index (χ2v) is 3.13. The molecule has 2 rings (SSSR count). The van der Waals surface area contributed by atoms with Crippen molar-refractivity contribution >= 4 is 14.0 Å². The molecular weight excluding hydrogens is 202 g/mol. The van der Waals surface area contributed by atoms with E-state index in [1.54, 1.807) is 0 Å². The van der Waals surface area contributed by atoms with Gasteiger partial charge >= 0.3 is 7.12 Å². The van der Waals surface area contributed by atoms with Crippen molar-refractivity contribution in [2.45, 2.75) is 54.1 Å². The van der Waals surface area contributed by atoms with Crippen molar-refractivity contribution in [3.05, 3.63) is 0 Å². The van der Waals surface area contributed by atoms with Crippen LogP contribution in [0, 0.1) is 0 Å². The molecule has 16 heavy (non-hydrogen) atoms. The van der Waals surface area contributed by atoms with Crippen molar-refractivity contribution < 1.29 is 14.0 Å². The van der Waals surface area contributed by atoms with E-state index in [9.17, 15) is 0 Å². The smallest absolute Gasteiger partial charge is 0.436 e. The SMILES string of the molecule is CB1CCCO1.CB1OCCO1.CC.CC. The monoisotopic (exact) mass is 230 g/mol. The summed E-state index contributed by atoms with van der Waals surface area (Å²) in [5, 5.41) is 0. The molecule has 0 spiro atoms. The highest BCUT2D eigenvalue weighted by atomic mass is 16.6. The van der Waals surface area contributed by atoms with Gasteiger partial charge in [-0.05, 0) is 19.6 Å². The van der Waals surface area contributed by atoms with Crippen LogP contribution in [0.3, 0.4) is 0 Å². The van der Waals surface area contributed by atoms with Gasteiger partial charge in [0, 0.05) is 6.61 Å². The first-order valence-electron chi connectivity index (χ1n) is 6.64. The zero-order valence-electron chi connectivity index (χ0n) is 11.9. The van der Waals surface area contributed by atoms with Crippen LogP contribution in [-0.2, 0) is 14.0 Å². The summed E-state index contributed by atoms with van der Waals surface area (Å²) in [6.45, 7) is 15.1. The molecule has 5 heteroatoms. The van der Waals surface area contributed by atoms with Gasteiger partial charge in [0.05, 0.1) is 13.2 Å². The molecule has 0 aromatic carbocycles. The summed E-state index contributed by atoms with van der Waals surface area (Å²) >= 11 is 0. The molecule has 96 valence electrons. The third kappa shape index (κ3) is 12.1. The normalized spacial score (nSPS) is 17.6. The van der Waals surface area contributed by atoms with Crippen LogP contribution >= 0.6 is 0 Å². The van der Waals surface area contributed by atoms with Crippen LogP contribution in [0.1, 0.15) is 34.1 Å². The lowest BCUT2D eigenvalue weighted by molar-refractivity contribution is 0.363. The molecule has 0 aromatic rings. The molecular formula is C11H28B2O3. The fraction of sp³-hybridized carbons (Fsp3) is 1.00. The zero-order chi connectivity index (χ0) is 12.8. The van der Waals surface area contributed by atoms with Crippen LogP contribution in [0.2, 0.25) is 20.0 Å². The molecule has 2 aliphatic rings. The quantitative estimate of drug-likeness (QED) is 0.598. The third-order valence-corrected chi connectivity index (χ3v) is 1.95. The van der Waals surface area contributed by atoms with E-state index in [-0.39, 0.29) is 7.12 Å². The van der Waals surface area contributed by atoms with Crippen molar-refractivity contribution in [2.75, 3.05) is 19.8 Å². The van der Waals surface area contributed by atoms with Crippen LogP contribution in [0.4, 0.5) is 0 Å². The first-order chi connectivity index (χ1) is 7.79. The fourth-order valence-corrected chi connectivity index (χ4v) is 1.21. The largest absolute Gasteiger partial charge is 0.453 e. The molecule has 0 saturated carbocycles. The number of hydrogen-bond donors (Lipinski definition) is 0. The topological polar surface area (TPSA) is 27.7 Å². The van der Waals surface area contributed by atoms with Gasteiger partial charge in [-0.2, -0.15) is 0 Å². The molecule has 2 heterocycles. The Morgan fingerprint density at radius 1 is 0.750 bits per heavy atom. The second-order valence-electron chi connectivity index (χ2n) is 3.13. The van der Waals surface area contributed by atoms with E-state index in [1.165, 1.54) is 12.7 Å². The Labute approximate surface area is 102 Å². The lowest BCUT2D eigenvalue weighted by atomic mass is 9.69. The standard InChI is InChI=1S/C4H9BO.C3H7BO2.2C2H6/c1-5-3-2-4-6-5;1-4-5-2-3-6-4;2*1-2/h2-4H2,1H3;2-3H2,1H3;2*1-2H3. The molecule has 0 amide bonds. The van der Waals surface area contributed by atoms with E-state index < -0.39 is 0 Å². The Balaban J connectivity index is 0. The first-order valence-corrected chi connectivity index (χ1v) is 6.64. The Hall–Kier alpha value is 0.00987. The molecule has 0 aliphatic carbocycles. The lowest BCUT2D eigenvalue weighted by Crippen LogP contribution is -2.05. The van der Waals surface area contributed by atoms with Crippen molar-refractivity contribution in [3.63, 3.8) is 0 Å². The first kappa shape index (κ1) is 18.4. The minimum Gasteiger partial charge on any atom is -0.436 e. The highest BCUT2D eigenvalue weighted by Crippen LogP contribution is 2.07. The fourth-order valence-electron chi connectivity index (χ4n) is 1.21. The van der Waals surface area contributed by atoms with Gasteiger partial charge in [-0.1, -0.05) is 34.5 Å². The molecule has 0 unspecified atom stereocenters. The van der Waals surface area contributed by atoms with E-state index >= 15 is 0 Å². The summed E-state index contributed by atoms with van der Waals surface area (Å²) in [5.74, 6) is 0. The highest BCUT2D eigenvalue weighted by Gasteiger charge is 2.14. The molecule has 3 nitrogen and oxygen atoms in total. The Morgan fingerprint density at radius 2 is 1.25 bits per heavy atom. The van der Waals surface area contributed by atoms with E-state index in [0.29, 0.717) is 6.92 Å². The number of hydrogen-bond acceptors (Lipinski definition) is 3. The molecule has 0 radical (unpaired) electrons. The lowest BCUT2D eigenvalue weighted by Gasteiger charge is -1.88. The molecule has 0 aromatic heterocycles. The molecule has 0 N–H and O–H groups in total. The maximum absolute atomic E-state index is 5.15. The van der Waals surface area contributed by atoms with E-state index in [2.05, 4.69) is 6.82 Å². The van der Waals surface area contributed by atoms with Gasteiger partial charge in [-0.3, -0.25) is 0 Å². The predicted octanol–water partition coefficient (Wildman–Crippen LogP) is 3.23. The van der Waals surface area contributed by atoms with Crippen LogP contribution < -0.4 is 0 Å². The summed E-state index contributed by atoms with van der Waals surface area (Å²) in [6.07, 6.45) is 2.53. The average Bonchev–Trinajstić information content (AvgIpc) is 2.98. The van der Waals surface area contributed by atoms with Gasteiger partial charge in [-0.25, -0.2) is 0 Å². The van der Waals surface area contributed by atoms with Gasteiger partial charge in [0.2, 0.25) is 0 Å². The van der Waals surface area contributed by atoms with Crippen LogP contribution in [0.5, 0.6) is 0 Å². The summed E-state index contributed by atoms with van der Waals surface area (Å²) in [6, 6.07) is 0. The highest BCUT2D eigenvalue weighted by molar-refractivity contribution is 6.50. The van der Waals surface area contributed by atoms with Gasteiger partial charge in [0.25, 0.3) is 6.92 Å². The van der Waals surface area contributed by atoms with Gasteiger partial charge in [0.15, 0.2) is 0 Å². The van der Waals surface area contributed by atoms with E-state index in [1.807, 2.05) is 34.5 Å². The van der Waals surface area contributed by atoms with Crippen LogP contribution in [-0.4, -0.2) is 33.9 Å². The Kier molecular flexibility index (Phi) is 17.2. The minimum absolute atomic E-state index is 0.0463. The second kappa shape index (κ2) is 15.0. The predicted molar refractivity (Wildman–Crippen MR) is 73.2 cm³/mol. The Morgan fingerprint density at radius 3 is 1.38 bits per heavy atom. The van der Waals surface area contributed by atoms with Crippen molar-refractivity contribution in [1.82, 2.24) is 0 Å². The zero-order valence-corrected chi connectivity index (χ0v) is 11.9. The molecule has 2 saturated heterocycles. The molecule has 0 bridgehead atoms. The van der Waals surface area contributed by atoms with Gasteiger partial charge < -0.3 is 14.0 Å². The van der Waals surface area contributed by atoms with Gasteiger partial charge in [0.1, 0.15) is 0 Å². The molecule has 0 atom stereocenters. The maximum Gasteiger partial charge on any atom is 0.453 e. The van der Waals surface area contributed by atoms with E-state index in [0.717, 1.165) is 19.8 Å². The minimum atomic E-state index is 0.0463. The van der Waals surface area contributed by atoms with E-state index in [4.69, 9.17) is 14.0 Å². The van der Waals surface area contributed by atoms with Crippen molar-refractivity contribution in [1.29, 1.82) is 0 Å². The third-order valence-electron chi connectivity index (χ3n) is 1.95. The maximum atomic E-state index is 5.15. The van der Waals surface area contributed by atoms with Crippen LogP contribution in [0.25, 0.3) is 0 Å². The summed E-state index contributed by atoms with van der Waals surface area (Å²) < 4.78 is 15.0. The summed E-state index contributed by atoms with van der Waals surface area (Å²) in [5.41, 5.74) is 0. The summed E-state index contributed by atoms with van der Waals surface area (Å²) in [7, 11) is 0.0463. The van der Waals surface area contributed by atoms with Crippen molar-refractivity contribution in [2.24, 2.45) is 0 Å². The van der Waals surface area contributed by atoms with Gasteiger partial charge in [-0.15, -0.1) is 0 Å². The summed E-state index contributed by atoms with van der Waals surface area (Å²) in [4.78, 5) is 0. The van der Waals surface area contributed by atoms with Crippen molar-refractivity contribution in [3.8, 4) is 0 Å². The molecule has 2 fully saturated rings. The average molecular weight is 230 g/mol. The Bertz CT molecular complexity index is 99.8.